The summed E-state index contributed by atoms with van der Waals surface area (Å²) in [5.74, 6) is 0.888. The van der Waals surface area contributed by atoms with E-state index in [0.29, 0.717) is 44.1 Å². The Balaban J connectivity index is 1.63. The number of amides is 3. The molecule has 8 heteroatoms. The van der Waals surface area contributed by atoms with E-state index in [2.05, 4.69) is 16.0 Å². The number of halogens is 2. The second-order valence-electron chi connectivity index (χ2n) is 7.14. The molecule has 0 radical (unpaired) electrons. The van der Waals surface area contributed by atoms with Gasteiger partial charge in [-0.15, -0.1) is 0 Å². The minimum absolute atomic E-state index is 0.326. The molecule has 1 unspecified atom stereocenters. The Morgan fingerprint density at radius 3 is 2.44 bits per heavy atom. The smallest absolute Gasteiger partial charge is 0.319 e. The van der Waals surface area contributed by atoms with Gasteiger partial charge >= 0.3 is 6.03 Å². The monoisotopic (exact) mass is 467 g/mol. The number of carbonyl (C=O) groups is 2. The Labute approximate surface area is 195 Å². The van der Waals surface area contributed by atoms with Crippen LogP contribution >= 0.6 is 23.2 Å². The normalized spacial score (nSPS) is 15.6. The predicted molar refractivity (Wildman–Crippen MR) is 125 cm³/mol. The number of hydrogen-bond acceptors (Lipinski definition) is 3. The van der Waals surface area contributed by atoms with Crippen molar-refractivity contribution in [3.8, 4) is 11.5 Å². The quantitative estimate of drug-likeness (QED) is 0.427. The number of urea groups is 1. The van der Waals surface area contributed by atoms with Crippen molar-refractivity contribution in [3.63, 3.8) is 0 Å². The number of allylic oxidation sites excluding steroid dienone is 1. The van der Waals surface area contributed by atoms with Gasteiger partial charge in [0.1, 0.15) is 11.5 Å². The average molecular weight is 468 g/mol. The molecule has 1 atom stereocenters. The molecule has 0 aliphatic carbocycles. The number of carbonyl (C=O) groups excluding carboxylic acids is 2. The third kappa shape index (κ3) is 4.88. The van der Waals surface area contributed by atoms with Crippen molar-refractivity contribution in [2.24, 2.45) is 0 Å². The van der Waals surface area contributed by atoms with E-state index >= 15 is 0 Å². The Hall–Kier alpha value is -3.48. The maximum absolute atomic E-state index is 13.2. The first kappa shape index (κ1) is 21.7. The Kier molecular flexibility index (Phi) is 6.35. The van der Waals surface area contributed by atoms with Crippen LogP contribution in [0.1, 0.15) is 18.5 Å². The molecule has 0 fully saturated rings. The van der Waals surface area contributed by atoms with E-state index in [1.54, 1.807) is 31.2 Å². The second kappa shape index (κ2) is 9.34. The van der Waals surface area contributed by atoms with Crippen LogP contribution in [0.25, 0.3) is 0 Å². The molecule has 0 bridgehead atoms. The second-order valence-corrected chi connectivity index (χ2v) is 7.96. The van der Waals surface area contributed by atoms with Gasteiger partial charge in [0.15, 0.2) is 0 Å². The van der Waals surface area contributed by atoms with Crippen molar-refractivity contribution in [3.05, 3.63) is 99.7 Å². The molecule has 1 aliphatic rings. The van der Waals surface area contributed by atoms with Crippen LogP contribution in [0, 0.1) is 0 Å². The standard InChI is InChI=1S/C24H19Cl2N3O3/c1-14-21(23(30)28-16-10-11-19(25)20(26)13-16)22(29-24(31)27-14)15-6-5-9-18(12-15)32-17-7-3-2-4-8-17/h2-13,22H,1H3,(H,28,30)(H2,27,29,31). The molecule has 0 aromatic heterocycles. The Morgan fingerprint density at radius 2 is 1.69 bits per heavy atom. The predicted octanol–water partition coefficient (Wildman–Crippen LogP) is 6.05. The first-order chi connectivity index (χ1) is 15.4. The fourth-order valence-electron chi connectivity index (χ4n) is 3.40. The lowest BCUT2D eigenvalue weighted by atomic mass is 9.94. The summed E-state index contributed by atoms with van der Waals surface area (Å²) in [6.07, 6.45) is 0. The summed E-state index contributed by atoms with van der Waals surface area (Å²) in [7, 11) is 0. The lowest BCUT2D eigenvalue weighted by Crippen LogP contribution is -2.45. The van der Waals surface area contributed by atoms with Gasteiger partial charge in [-0.05, 0) is 55.0 Å². The molecule has 3 amide bonds. The number of hydrogen-bond donors (Lipinski definition) is 3. The van der Waals surface area contributed by atoms with Crippen molar-refractivity contribution < 1.29 is 14.3 Å². The van der Waals surface area contributed by atoms with E-state index in [9.17, 15) is 9.59 Å². The first-order valence-electron chi connectivity index (χ1n) is 9.78. The zero-order valence-corrected chi connectivity index (χ0v) is 18.5. The van der Waals surface area contributed by atoms with Crippen LogP contribution in [0.4, 0.5) is 10.5 Å². The van der Waals surface area contributed by atoms with Crippen molar-refractivity contribution >= 4 is 40.8 Å². The van der Waals surface area contributed by atoms with E-state index < -0.39 is 12.1 Å². The van der Waals surface area contributed by atoms with Gasteiger partial charge in [0.25, 0.3) is 5.91 Å². The van der Waals surface area contributed by atoms with Crippen LogP contribution in [-0.4, -0.2) is 11.9 Å². The molecule has 1 heterocycles. The lowest BCUT2D eigenvalue weighted by Gasteiger charge is -2.29. The summed E-state index contributed by atoms with van der Waals surface area (Å²) in [6, 6.07) is 20.3. The van der Waals surface area contributed by atoms with E-state index in [1.165, 1.54) is 0 Å². The summed E-state index contributed by atoms with van der Waals surface area (Å²) in [4.78, 5) is 25.4. The molecule has 0 saturated carbocycles. The molecule has 4 rings (SSSR count). The lowest BCUT2D eigenvalue weighted by molar-refractivity contribution is -0.113. The van der Waals surface area contributed by atoms with Gasteiger partial charge in [-0.3, -0.25) is 4.79 Å². The van der Waals surface area contributed by atoms with Gasteiger partial charge < -0.3 is 20.7 Å². The topological polar surface area (TPSA) is 79.5 Å². The minimum atomic E-state index is -0.675. The van der Waals surface area contributed by atoms with Gasteiger partial charge in [-0.25, -0.2) is 4.79 Å². The number of nitrogens with one attached hydrogen (secondary N) is 3. The molecular weight excluding hydrogens is 449 g/mol. The fraction of sp³-hybridized carbons (Fsp3) is 0.0833. The molecule has 162 valence electrons. The van der Waals surface area contributed by atoms with Gasteiger partial charge in [0.2, 0.25) is 0 Å². The van der Waals surface area contributed by atoms with Crippen molar-refractivity contribution in [2.75, 3.05) is 5.32 Å². The molecule has 3 aromatic carbocycles. The number of anilines is 1. The summed E-state index contributed by atoms with van der Waals surface area (Å²) in [5, 5.41) is 9.01. The molecule has 32 heavy (non-hydrogen) atoms. The average Bonchev–Trinajstić information content (AvgIpc) is 2.76. The van der Waals surface area contributed by atoms with Gasteiger partial charge in [-0.1, -0.05) is 53.5 Å². The maximum atomic E-state index is 13.2. The summed E-state index contributed by atoms with van der Waals surface area (Å²) in [6.45, 7) is 1.68. The third-order valence-electron chi connectivity index (χ3n) is 4.86. The molecule has 6 nitrogen and oxygen atoms in total. The number of benzene rings is 3. The molecule has 0 saturated heterocycles. The van der Waals surface area contributed by atoms with E-state index in [4.69, 9.17) is 27.9 Å². The number of rotatable bonds is 5. The molecule has 1 aliphatic heterocycles. The summed E-state index contributed by atoms with van der Waals surface area (Å²) >= 11 is 12.0. The highest BCUT2D eigenvalue weighted by Crippen LogP contribution is 2.32. The molecular formula is C24H19Cl2N3O3. The fourth-order valence-corrected chi connectivity index (χ4v) is 3.70. The number of para-hydroxylation sites is 1. The van der Waals surface area contributed by atoms with Crippen LogP contribution in [0.3, 0.4) is 0 Å². The highest BCUT2D eigenvalue weighted by Gasteiger charge is 2.31. The maximum Gasteiger partial charge on any atom is 0.319 e. The Morgan fingerprint density at radius 1 is 0.938 bits per heavy atom. The highest BCUT2D eigenvalue weighted by atomic mass is 35.5. The van der Waals surface area contributed by atoms with E-state index in [1.807, 2.05) is 48.5 Å². The highest BCUT2D eigenvalue weighted by molar-refractivity contribution is 6.42. The zero-order chi connectivity index (χ0) is 22.7. The van der Waals surface area contributed by atoms with E-state index in [-0.39, 0.29) is 5.91 Å². The minimum Gasteiger partial charge on any atom is -0.457 e. The van der Waals surface area contributed by atoms with Crippen LogP contribution < -0.4 is 20.7 Å². The molecule has 3 N–H and O–H groups in total. The Bertz CT molecular complexity index is 1210. The zero-order valence-electron chi connectivity index (χ0n) is 17.0. The van der Waals surface area contributed by atoms with Crippen LogP contribution in [0.2, 0.25) is 10.0 Å². The van der Waals surface area contributed by atoms with Gasteiger partial charge in [0, 0.05) is 11.4 Å². The van der Waals surface area contributed by atoms with Gasteiger partial charge in [-0.2, -0.15) is 0 Å². The SMILES string of the molecule is CC1=C(C(=O)Nc2ccc(Cl)c(Cl)c2)C(c2cccc(Oc3ccccc3)c2)NC(=O)N1. The van der Waals surface area contributed by atoms with Gasteiger partial charge in [0.05, 0.1) is 21.7 Å². The molecule has 0 spiro atoms. The summed E-state index contributed by atoms with van der Waals surface area (Å²) < 4.78 is 5.91. The van der Waals surface area contributed by atoms with Crippen molar-refractivity contribution in [2.45, 2.75) is 13.0 Å². The molecule has 3 aromatic rings. The van der Waals surface area contributed by atoms with Crippen LogP contribution in [-0.2, 0) is 4.79 Å². The summed E-state index contributed by atoms with van der Waals surface area (Å²) in [5.41, 5.74) is 2.01. The van der Waals surface area contributed by atoms with Crippen molar-refractivity contribution in [1.29, 1.82) is 0 Å². The largest absolute Gasteiger partial charge is 0.457 e. The van der Waals surface area contributed by atoms with Crippen LogP contribution in [0.5, 0.6) is 11.5 Å². The van der Waals surface area contributed by atoms with Crippen LogP contribution in [0.15, 0.2) is 84.1 Å². The first-order valence-corrected chi connectivity index (χ1v) is 10.5. The van der Waals surface area contributed by atoms with E-state index in [0.717, 1.165) is 0 Å². The number of ether oxygens (including phenoxy) is 1. The van der Waals surface area contributed by atoms with Crippen molar-refractivity contribution in [1.82, 2.24) is 10.6 Å². The third-order valence-corrected chi connectivity index (χ3v) is 5.60.